The molecule has 1 fully saturated rings. The Kier molecular flexibility index (Phi) is 3.43. The summed E-state index contributed by atoms with van der Waals surface area (Å²) >= 11 is 5.50. The summed E-state index contributed by atoms with van der Waals surface area (Å²) in [5, 5.41) is 3.62. The highest BCUT2D eigenvalue weighted by molar-refractivity contribution is 9.10. The molecule has 0 saturated carbocycles. The van der Waals surface area contributed by atoms with Gasteiger partial charge in [-0.25, -0.2) is 0 Å². The van der Waals surface area contributed by atoms with Gasteiger partial charge in [0.05, 0.1) is 0 Å². The minimum atomic E-state index is 0.151. The van der Waals surface area contributed by atoms with Crippen LogP contribution in [-0.2, 0) is 5.54 Å². The van der Waals surface area contributed by atoms with Crippen molar-refractivity contribution in [2.24, 2.45) is 0 Å². The Hall–Kier alpha value is 0.01000. The number of halogens is 1. The SMILES string of the molecule is CSc1cccc(Br)c1C1(C)CCCN1. The monoisotopic (exact) mass is 285 g/mol. The van der Waals surface area contributed by atoms with Gasteiger partial charge in [-0.15, -0.1) is 11.8 Å². The molecular formula is C12H16BrNS. The van der Waals surface area contributed by atoms with Crippen LogP contribution in [0.3, 0.4) is 0 Å². The first-order chi connectivity index (χ1) is 7.17. The molecule has 3 heteroatoms. The van der Waals surface area contributed by atoms with E-state index in [1.165, 1.54) is 27.8 Å². The van der Waals surface area contributed by atoms with E-state index in [1.807, 2.05) is 11.8 Å². The minimum Gasteiger partial charge on any atom is -0.308 e. The molecule has 1 heterocycles. The zero-order valence-electron chi connectivity index (χ0n) is 9.14. The van der Waals surface area contributed by atoms with Crippen LogP contribution < -0.4 is 5.32 Å². The van der Waals surface area contributed by atoms with Gasteiger partial charge < -0.3 is 5.32 Å². The molecule has 0 radical (unpaired) electrons. The Bertz CT molecular complexity index is 359. The van der Waals surface area contributed by atoms with Gasteiger partial charge in [0.2, 0.25) is 0 Å². The maximum atomic E-state index is 3.68. The van der Waals surface area contributed by atoms with Gasteiger partial charge in [0, 0.05) is 14.9 Å². The van der Waals surface area contributed by atoms with Crippen LogP contribution in [0.2, 0.25) is 0 Å². The third-order valence-electron chi connectivity index (χ3n) is 3.12. The summed E-state index contributed by atoms with van der Waals surface area (Å²) in [5.74, 6) is 0. The van der Waals surface area contributed by atoms with Crippen LogP contribution in [0.4, 0.5) is 0 Å². The van der Waals surface area contributed by atoms with Crippen LogP contribution in [0, 0.1) is 0 Å². The lowest BCUT2D eigenvalue weighted by Crippen LogP contribution is -2.34. The maximum absolute atomic E-state index is 3.68. The predicted molar refractivity (Wildman–Crippen MR) is 70.5 cm³/mol. The fourth-order valence-electron chi connectivity index (χ4n) is 2.32. The Morgan fingerprint density at radius 1 is 1.47 bits per heavy atom. The summed E-state index contributed by atoms with van der Waals surface area (Å²) in [6, 6.07) is 6.45. The van der Waals surface area contributed by atoms with Crippen LogP contribution in [0.5, 0.6) is 0 Å². The summed E-state index contributed by atoms with van der Waals surface area (Å²) < 4.78 is 1.23. The van der Waals surface area contributed by atoms with Crippen molar-refractivity contribution in [1.82, 2.24) is 5.32 Å². The average Bonchev–Trinajstić information content (AvgIpc) is 2.65. The highest BCUT2D eigenvalue weighted by atomic mass is 79.9. The van der Waals surface area contributed by atoms with E-state index in [9.17, 15) is 0 Å². The van der Waals surface area contributed by atoms with Crippen LogP contribution >= 0.6 is 27.7 Å². The van der Waals surface area contributed by atoms with E-state index in [-0.39, 0.29) is 5.54 Å². The maximum Gasteiger partial charge on any atom is 0.0428 e. The summed E-state index contributed by atoms with van der Waals surface area (Å²) in [6.07, 6.45) is 4.64. The molecular weight excluding hydrogens is 270 g/mol. The number of benzene rings is 1. The quantitative estimate of drug-likeness (QED) is 0.831. The van der Waals surface area contributed by atoms with Crippen LogP contribution in [0.1, 0.15) is 25.3 Å². The molecule has 1 saturated heterocycles. The molecule has 1 atom stereocenters. The van der Waals surface area contributed by atoms with Crippen LogP contribution in [0.15, 0.2) is 27.6 Å². The van der Waals surface area contributed by atoms with E-state index in [0.717, 1.165) is 6.54 Å². The zero-order valence-corrected chi connectivity index (χ0v) is 11.5. The van der Waals surface area contributed by atoms with Crippen molar-refractivity contribution in [3.8, 4) is 0 Å². The number of nitrogens with one attached hydrogen (secondary N) is 1. The molecule has 0 amide bonds. The van der Waals surface area contributed by atoms with E-state index in [4.69, 9.17) is 0 Å². The molecule has 2 rings (SSSR count). The number of hydrogen-bond donors (Lipinski definition) is 1. The molecule has 82 valence electrons. The van der Waals surface area contributed by atoms with Gasteiger partial charge in [-0.3, -0.25) is 0 Å². The molecule has 0 bridgehead atoms. The first-order valence-corrected chi connectivity index (χ1v) is 7.27. The van der Waals surface area contributed by atoms with Crippen molar-refractivity contribution >= 4 is 27.7 Å². The van der Waals surface area contributed by atoms with Gasteiger partial charge in [0.1, 0.15) is 0 Å². The largest absolute Gasteiger partial charge is 0.308 e. The molecule has 0 spiro atoms. The van der Waals surface area contributed by atoms with Crippen molar-refractivity contribution in [1.29, 1.82) is 0 Å². The normalized spacial score (nSPS) is 25.8. The molecule has 15 heavy (non-hydrogen) atoms. The predicted octanol–water partition coefficient (Wildman–Crippen LogP) is 3.77. The van der Waals surface area contributed by atoms with E-state index in [2.05, 4.69) is 52.6 Å². The van der Waals surface area contributed by atoms with Gasteiger partial charge in [0.25, 0.3) is 0 Å². The summed E-state index contributed by atoms with van der Waals surface area (Å²) in [7, 11) is 0. The van der Waals surface area contributed by atoms with E-state index in [0.29, 0.717) is 0 Å². The number of thioether (sulfide) groups is 1. The third kappa shape index (κ3) is 2.10. The summed E-state index contributed by atoms with van der Waals surface area (Å²) in [5.41, 5.74) is 1.58. The van der Waals surface area contributed by atoms with Gasteiger partial charge in [-0.05, 0) is 50.3 Å². The van der Waals surface area contributed by atoms with E-state index >= 15 is 0 Å². The first-order valence-electron chi connectivity index (χ1n) is 5.25. The molecule has 1 unspecified atom stereocenters. The highest BCUT2D eigenvalue weighted by Gasteiger charge is 2.33. The molecule has 0 aliphatic carbocycles. The lowest BCUT2D eigenvalue weighted by atomic mass is 9.90. The Labute approximate surface area is 104 Å². The number of rotatable bonds is 2. The molecule has 1 aliphatic rings. The first kappa shape index (κ1) is 11.5. The molecule has 1 aromatic carbocycles. The standard InChI is InChI=1S/C12H16BrNS/c1-12(7-4-8-14-12)11-9(13)5-3-6-10(11)15-2/h3,5-6,14H,4,7-8H2,1-2H3. The third-order valence-corrected chi connectivity index (χ3v) is 4.56. The average molecular weight is 286 g/mol. The Morgan fingerprint density at radius 3 is 2.87 bits per heavy atom. The Balaban J connectivity index is 2.49. The van der Waals surface area contributed by atoms with Crippen LogP contribution in [-0.4, -0.2) is 12.8 Å². The minimum absolute atomic E-state index is 0.151. The molecule has 1 N–H and O–H groups in total. The zero-order chi connectivity index (χ0) is 10.9. The van der Waals surface area contributed by atoms with E-state index < -0.39 is 0 Å². The van der Waals surface area contributed by atoms with Gasteiger partial charge >= 0.3 is 0 Å². The second-order valence-corrected chi connectivity index (χ2v) is 5.88. The van der Waals surface area contributed by atoms with Crippen LogP contribution in [0.25, 0.3) is 0 Å². The number of hydrogen-bond acceptors (Lipinski definition) is 2. The summed E-state index contributed by atoms with van der Waals surface area (Å²) in [4.78, 5) is 1.38. The fraction of sp³-hybridized carbons (Fsp3) is 0.500. The fourth-order valence-corrected chi connectivity index (χ4v) is 4.01. The van der Waals surface area contributed by atoms with Crippen molar-refractivity contribution in [2.45, 2.75) is 30.2 Å². The van der Waals surface area contributed by atoms with Crippen molar-refractivity contribution in [3.63, 3.8) is 0 Å². The summed E-state index contributed by atoms with van der Waals surface area (Å²) in [6.45, 7) is 3.44. The topological polar surface area (TPSA) is 12.0 Å². The smallest absolute Gasteiger partial charge is 0.0428 e. The molecule has 1 aliphatic heterocycles. The Morgan fingerprint density at radius 2 is 2.27 bits per heavy atom. The molecule has 1 nitrogen and oxygen atoms in total. The highest BCUT2D eigenvalue weighted by Crippen LogP contribution is 2.40. The molecule has 1 aromatic rings. The van der Waals surface area contributed by atoms with Gasteiger partial charge in [0.15, 0.2) is 0 Å². The lowest BCUT2D eigenvalue weighted by Gasteiger charge is -2.28. The van der Waals surface area contributed by atoms with Crippen molar-refractivity contribution in [2.75, 3.05) is 12.8 Å². The van der Waals surface area contributed by atoms with Crippen molar-refractivity contribution in [3.05, 3.63) is 28.2 Å². The molecule has 0 aromatic heterocycles. The van der Waals surface area contributed by atoms with E-state index in [1.54, 1.807) is 0 Å². The lowest BCUT2D eigenvalue weighted by molar-refractivity contribution is 0.425. The van der Waals surface area contributed by atoms with Crippen molar-refractivity contribution < 1.29 is 0 Å². The second-order valence-electron chi connectivity index (χ2n) is 4.18. The van der Waals surface area contributed by atoms with Gasteiger partial charge in [-0.2, -0.15) is 0 Å². The van der Waals surface area contributed by atoms with Gasteiger partial charge in [-0.1, -0.05) is 22.0 Å². The second kappa shape index (κ2) is 4.48.